The first-order valence-corrected chi connectivity index (χ1v) is 3.47. The van der Waals surface area contributed by atoms with Crippen LogP contribution in [0.4, 0.5) is 0 Å². The van der Waals surface area contributed by atoms with E-state index in [1.54, 1.807) is 0 Å². The van der Waals surface area contributed by atoms with Crippen molar-refractivity contribution in [1.29, 1.82) is 0 Å². The maximum atomic E-state index is 9.89. The van der Waals surface area contributed by atoms with E-state index in [0.717, 1.165) is 22.5 Å². The van der Waals surface area contributed by atoms with Crippen molar-refractivity contribution in [2.45, 2.75) is 4.06 Å². The molecule has 0 aliphatic heterocycles. The van der Waals surface area contributed by atoms with Crippen molar-refractivity contribution >= 4 is 34.9 Å². The summed E-state index contributed by atoms with van der Waals surface area (Å²) in [5.74, 6) is -0.990. The van der Waals surface area contributed by atoms with Crippen molar-refractivity contribution < 1.29 is 14.7 Å². The average Bonchev–Trinajstić information content (AvgIpc) is 1.67. The topological polar surface area (TPSA) is 66.4 Å². The Balaban J connectivity index is 3.46. The van der Waals surface area contributed by atoms with Crippen LogP contribution in [0.5, 0.6) is 0 Å². The first-order chi connectivity index (χ1) is 3.68. The van der Waals surface area contributed by atoms with Crippen LogP contribution < -0.4 is 5.32 Å². The Morgan fingerprint density at radius 2 is 2.38 bits per heavy atom. The van der Waals surface area contributed by atoms with Gasteiger partial charge in [-0.3, -0.25) is 0 Å². The Hall–Kier alpha value is -0.261. The molecule has 0 aliphatic rings. The van der Waals surface area contributed by atoms with E-state index in [0.29, 0.717) is 6.41 Å². The van der Waals surface area contributed by atoms with Gasteiger partial charge in [0.2, 0.25) is 0 Å². The monoisotopic (exact) mass is 222 g/mol. The molecule has 8 heavy (non-hydrogen) atoms. The summed E-state index contributed by atoms with van der Waals surface area (Å²) in [6.45, 7) is 0. The van der Waals surface area contributed by atoms with E-state index in [4.69, 9.17) is 5.11 Å². The van der Waals surface area contributed by atoms with Gasteiger partial charge in [0.25, 0.3) is 0 Å². The van der Waals surface area contributed by atoms with Crippen LogP contribution in [0.2, 0.25) is 0 Å². The van der Waals surface area contributed by atoms with Crippen molar-refractivity contribution in [3.63, 3.8) is 0 Å². The normalized spacial score (nSPS) is 12.1. The van der Waals surface area contributed by atoms with Gasteiger partial charge in [-0.15, -0.1) is 0 Å². The summed E-state index contributed by atoms with van der Waals surface area (Å²) in [5.41, 5.74) is 0. The molecule has 0 bridgehead atoms. The summed E-state index contributed by atoms with van der Waals surface area (Å²) in [6, 6.07) is 0. The number of amides is 1. The molecule has 0 aromatic rings. The number of hydrogen-bond donors (Lipinski definition) is 2. The number of aliphatic carboxylic acids is 1. The van der Waals surface area contributed by atoms with Crippen LogP contribution in [0, 0.1) is 0 Å². The zero-order valence-corrected chi connectivity index (χ0v) is 6.77. The molecule has 5 heteroatoms. The summed E-state index contributed by atoms with van der Waals surface area (Å²) < 4.78 is -0.695. The van der Waals surface area contributed by atoms with E-state index in [1.807, 2.05) is 0 Å². The fourth-order valence-corrected chi connectivity index (χ4v) is 0.334. The van der Waals surface area contributed by atoms with Crippen LogP contribution in [0.15, 0.2) is 0 Å². The predicted octanol–water partition coefficient (Wildman–Crippen LogP) is -1.69. The Bertz CT molecular complexity index is 105. The molecule has 1 atom stereocenters. The van der Waals surface area contributed by atoms with Crippen molar-refractivity contribution in [2.75, 3.05) is 0 Å². The molecule has 1 amide bonds. The van der Waals surface area contributed by atoms with Gasteiger partial charge in [-0.25, -0.2) is 0 Å². The van der Waals surface area contributed by atoms with Crippen molar-refractivity contribution in [3.05, 3.63) is 0 Å². The second-order valence-corrected chi connectivity index (χ2v) is 2.70. The number of carbonyl (C=O) groups is 2. The molecule has 0 aromatic carbocycles. The van der Waals surface area contributed by atoms with Gasteiger partial charge in [0.1, 0.15) is 0 Å². The second kappa shape index (κ2) is 3.71. The Morgan fingerprint density at radius 3 is 2.50 bits per heavy atom. The van der Waals surface area contributed by atoms with Crippen LogP contribution in [0.25, 0.3) is 0 Å². The van der Waals surface area contributed by atoms with Crippen LogP contribution in [0.3, 0.4) is 0 Å². The SMILES string of the molecule is O=CN[CH]([Sn])C(=O)O. The third-order valence-corrected chi connectivity index (χ3v) is 1.66. The van der Waals surface area contributed by atoms with Crippen molar-refractivity contribution in [1.82, 2.24) is 5.32 Å². The molecule has 3 radical (unpaired) electrons. The number of rotatable bonds is 3. The summed E-state index contributed by atoms with van der Waals surface area (Å²) in [7, 11) is 0. The molecular weight excluding hydrogens is 217 g/mol. The molecule has 0 spiro atoms. The standard InChI is InChI=1S/C3H4NO3.Sn/c5-2-4-1-3(6)7;/h1-2H,(H,4,5)(H,6,7);. The number of carboxylic acid groups (broad SMARTS) is 1. The average molecular weight is 221 g/mol. The molecule has 1 unspecified atom stereocenters. The van der Waals surface area contributed by atoms with Gasteiger partial charge < -0.3 is 0 Å². The summed E-state index contributed by atoms with van der Waals surface area (Å²) in [4.78, 5) is 19.5. The molecule has 43 valence electrons. The van der Waals surface area contributed by atoms with Gasteiger partial charge in [-0.1, -0.05) is 0 Å². The zero-order valence-electron chi connectivity index (χ0n) is 3.92. The molecular formula is C3H4NO3Sn. The van der Waals surface area contributed by atoms with Crippen LogP contribution in [0.1, 0.15) is 0 Å². The van der Waals surface area contributed by atoms with E-state index in [-0.39, 0.29) is 0 Å². The second-order valence-electron chi connectivity index (χ2n) is 1.06. The summed E-state index contributed by atoms with van der Waals surface area (Å²) in [5, 5.41) is 10.2. The number of hydrogen-bond acceptors (Lipinski definition) is 2. The fraction of sp³-hybridized carbons (Fsp3) is 0.333. The van der Waals surface area contributed by atoms with Crippen LogP contribution in [-0.2, 0) is 9.59 Å². The molecule has 0 aromatic heterocycles. The van der Waals surface area contributed by atoms with E-state index in [2.05, 4.69) is 5.32 Å². The molecule has 0 saturated heterocycles. The van der Waals surface area contributed by atoms with Crippen molar-refractivity contribution in [3.8, 4) is 0 Å². The van der Waals surface area contributed by atoms with Gasteiger partial charge in [0, 0.05) is 0 Å². The van der Waals surface area contributed by atoms with Gasteiger partial charge in [0.15, 0.2) is 0 Å². The molecule has 4 nitrogen and oxygen atoms in total. The van der Waals surface area contributed by atoms with Gasteiger partial charge >= 0.3 is 59.0 Å². The molecule has 0 aliphatic carbocycles. The first kappa shape index (κ1) is 7.74. The van der Waals surface area contributed by atoms with Gasteiger partial charge in [-0.05, 0) is 0 Å². The summed E-state index contributed by atoms with van der Waals surface area (Å²) in [6.07, 6.45) is 0.382. The van der Waals surface area contributed by atoms with Crippen LogP contribution in [-0.4, -0.2) is 44.1 Å². The van der Waals surface area contributed by atoms with E-state index in [9.17, 15) is 9.59 Å². The minimum absolute atomic E-state index is 0.382. The molecule has 0 fully saturated rings. The van der Waals surface area contributed by atoms with E-state index < -0.39 is 10.0 Å². The number of carbonyl (C=O) groups excluding carboxylic acids is 1. The van der Waals surface area contributed by atoms with Gasteiger partial charge in [-0.2, -0.15) is 0 Å². The number of nitrogens with one attached hydrogen (secondary N) is 1. The van der Waals surface area contributed by atoms with E-state index >= 15 is 0 Å². The fourth-order valence-electron chi connectivity index (χ4n) is 0.139. The predicted molar refractivity (Wildman–Crippen MR) is 26.4 cm³/mol. The molecule has 0 heterocycles. The number of carboxylic acids is 1. The Morgan fingerprint density at radius 1 is 1.88 bits per heavy atom. The first-order valence-electron chi connectivity index (χ1n) is 1.82. The van der Waals surface area contributed by atoms with E-state index in [1.165, 1.54) is 0 Å². The third-order valence-electron chi connectivity index (χ3n) is 0.482. The Labute approximate surface area is 59.3 Å². The minimum atomic E-state index is -0.990. The van der Waals surface area contributed by atoms with Crippen LogP contribution >= 0.6 is 0 Å². The summed E-state index contributed by atoms with van der Waals surface area (Å²) >= 11 is 0.774. The maximum absolute atomic E-state index is 9.89. The Kier molecular flexibility index (Phi) is 3.58. The molecule has 0 rings (SSSR count). The van der Waals surface area contributed by atoms with Gasteiger partial charge in [0.05, 0.1) is 0 Å². The van der Waals surface area contributed by atoms with Crippen molar-refractivity contribution in [2.24, 2.45) is 0 Å². The molecule has 2 N–H and O–H groups in total. The molecule has 0 saturated carbocycles. The zero-order chi connectivity index (χ0) is 6.57. The quantitative estimate of drug-likeness (QED) is 0.441. The third kappa shape index (κ3) is 2.84.